The maximum atomic E-state index is 13.1. The van der Waals surface area contributed by atoms with Crippen molar-refractivity contribution in [3.8, 4) is 29.1 Å². The van der Waals surface area contributed by atoms with Gasteiger partial charge in [-0.2, -0.15) is 5.26 Å². The van der Waals surface area contributed by atoms with Gasteiger partial charge >= 0.3 is 0 Å². The van der Waals surface area contributed by atoms with Crippen LogP contribution in [0.4, 0.5) is 11.4 Å². The first-order valence-electron chi connectivity index (χ1n) is 13.3. The van der Waals surface area contributed by atoms with Crippen LogP contribution in [0.2, 0.25) is 0 Å². The SMILES string of the molecule is COc1ccccc1Oc1ccc(Nc2c(C#N)cnc3cc(C(=O)NCCN4CCOCC4)c(OC)cc23)cc1. The standard InChI is InChI=1S/C31H31N5O5/c1-38-27-5-3-4-6-28(27)41-23-9-7-22(8-10-23)35-30-21(19-32)20-34-26-17-25(29(39-2)18-24(26)30)31(37)33-11-12-36-13-15-40-16-14-36/h3-10,17-18,20H,11-16H2,1-2H3,(H,33,37)(H,34,35). The summed E-state index contributed by atoms with van der Waals surface area (Å²) in [6.07, 6.45) is 1.50. The molecule has 0 radical (unpaired) electrons. The van der Waals surface area contributed by atoms with Crippen molar-refractivity contribution in [1.82, 2.24) is 15.2 Å². The topological polar surface area (TPSA) is 118 Å². The molecule has 210 valence electrons. The zero-order valence-electron chi connectivity index (χ0n) is 23.0. The first-order valence-corrected chi connectivity index (χ1v) is 13.3. The Kier molecular flexibility index (Phi) is 8.79. The van der Waals surface area contributed by atoms with Gasteiger partial charge in [-0.25, -0.2) is 0 Å². The minimum absolute atomic E-state index is 0.247. The summed E-state index contributed by atoms with van der Waals surface area (Å²) in [5.74, 6) is 2.02. The van der Waals surface area contributed by atoms with Crippen molar-refractivity contribution in [1.29, 1.82) is 5.26 Å². The van der Waals surface area contributed by atoms with E-state index in [1.807, 2.05) is 48.5 Å². The lowest BCUT2D eigenvalue weighted by Crippen LogP contribution is -2.41. The Bertz CT molecular complexity index is 1560. The van der Waals surface area contributed by atoms with Crippen LogP contribution < -0.4 is 24.8 Å². The second-order valence-electron chi connectivity index (χ2n) is 9.34. The summed E-state index contributed by atoms with van der Waals surface area (Å²) in [5.41, 5.74) is 2.60. The van der Waals surface area contributed by atoms with Crippen molar-refractivity contribution < 1.29 is 23.7 Å². The van der Waals surface area contributed by atoms with Crippen molar-refractivity contribution in [3.63, 3.8) is 0 Å². The average Bonchev–Trinajstić information content (AvgIpc) is 3.02. The van der Waals surface area contributed by atoms with E-state index in [1.54, 1.807) is 19.2 Å². The number of carbonyl (C=O) groups excluding carboxylic acids is 1. The molecule has 4 aromatic rings. The zero-order chi connectivity index (χ0) is 28.6. The first kappa shape index (κ1) is 27.7. The molecule has 2 heterocycles. The number of nitrogens with one attached hydrogen (secondary N) is 2. The monoisotopic (exact) mass is 553 g/mol. The summed E-state index contributed by atoms with van der Waals surface area (Å²) < 4.78 is 22.3. The van der Waals surface area contributed by atoms with Gasteiger partial charge in [-0.15, -0.1) is 0 Å². The molecule has 0 saturated carbocycles. The van der Waals surface area contributed by atoms with Gasteiger partial charge in [0, 0.05) is 43.4 Å². The number of amides is 1. The Morgan fingerprint density at radius 3 is 2.46 bits per heavy atom. The minimum Gasteiger partial charge on any atom is -0.496 e. The van der Waals surface area contributed by atoms with Crippen LogP contribution in [0.25, 0.3) is 10.9 Å². The third-order valence-electron chi connectivity index (χ3n) is 6.79. The highest BCUT2D eigenvalue weighted by Crippen LogP contribution is 2.35. The molecule has 1 fully saturated rings. The lowest BCUT2D eigenvalue weighted by atomic mass is 10.0. The fraction of sp³-hybridized carbons (Fsp3) is 0.258. The number of benzene rings is 3. The number of nitriles is 1. The summed E-state index contributed by atoms with van der Waals surface area (Å²) in [4.78, 5) is 19.8. The van der Waals surface area contributed by atoms with E-state index in [1.165, 1.54) is 13.3 Å². The molecule has 3 aromatic carbocycles. The van der Waals surface area contributed by atoms with Crippen LogP contribution >= 0.6 is 0 Å². The number of hydrogen-bond acceptors (Lipinski definition) is 9. The Labute approximate surface area is 238 Å². The van der Waals surface area contributed by atoms with E-state index < -0.39 is 0 Å². The average molecular weight is 554 g/mol. The number of morpholine rings is 1. The second kappa shape index (κ2) is 13.0. The predicted octanol–water partition coefficient (Wildman–Crippen LogP) is 4.72. The molecule has 10 nitrogen and oxygen atoms in total. The van der Waals surface area contributed by atoms with Gasteiger partial charge in [0.1, 0.15) is 17.6 Å². The van der Waals surface area contributed by atoms with Crippen molar-refractivity contribution in [2.45, 2.75) is 0 Å². The molecule has 0 bridgehead atoms. The highest BCUT2D eigenvalue weighted by atomic mass is 16.5. The Morgan fingerprint density at radius 2 is 1.76 bits per heavy atom. The van der Waals surface area contributed by atoms with Gasteiger partial charge in [-0.3, -0.25) is 14.7 Å². The normalized spacial score (nSPS) is 13.3. The van der Waals surface area contributed by atoms with Gasteiger partial charge in [0.05, 0.1) is 49.8 Å². The third-order valence-corrected chi connectivity index (χ3v) is 6.79. The van der Waals surface area contributed by atoms with Crippen LogP contribution in [0.3, 0.4) is 0 Å². The highest BCUT2D eigenvalue weighted by molar-refractivity contribution is 6.04. The summed E-state index contributed by atoms with van der Waals surface area (Å²) >= 11 is 0. The van der Waals surface area contributed by atoms with E-state index in [4.69, 9.17) is 18.9 Å². The van der Waals surface area contributed by atoms with Gasteiger partial charge in [-0.05, 0) is 48.5 Å². The lowest BCUT2D eigenvalue weighted by Gasteiger charge is -2.26. The molecular formula is C31H31N5O5. The number of anilines is 2. The number of methoxy groups -OCH3 is 2. The Hall–Kier alpha value is -4.85. The minimum atomic E-state index is -0.247. The van der Waals surface area contributed by atoms with E-state index >= 15 is 0 Å². The van der Waals surface area contributed by atoms with Gasteiger partial charge in [0.2, 0.25) is 0 Å². The van der Waals surface area contributed by atoms with Gasteiger partial charge in [0.15, 0.2) is 11.5 Å². The van der Waals surface area contributed by atoms with E-state index in [0.29, 0.717) is 70.5 Å². The number of carbonyl (C=O) groups is 1. The molecule has 1 aliphatic rings. The Balaban J connectivity index is 1.36. The molecule has 0 spiro atoms. The summed E-state index contributed by atoms with van der Waals surface area (Å²) in [6, 6.07) is 20.4. The number of hydrogen-bond donors (Lipinski definition) is 2. The van der Waals surface area contributed by atoms with Crippen LogP contribution in [0.5, 0.6) is 23.0 Å². The smallest absolute Gasteiger partial charge is 0.255 e. The van der Waals surface area contributed by atoms with E-state index in [0.717, 1.165) is 25.3 Å². The second-order valence-corrected chi connectivity index (χ2v) is 9.34. The molecule has 2 N–H and O–H groups in total. The maximum absolute atomic E-state index is 13.1. The lowest BCUT2D eigenvalue weighted by molar-refractivity contribution is 0.0383. The van der Waals surface area contributed by atoms with E-state index in [9.17, 15) is 10.1 Å². The fourth-order valence-electron chi connectivity index (χ4n) is 4.61. The van der Waals surface area contributed by atoms with Crippen LogP contribution in [-0.4, -0.2) is 69.4 Å². The summed E-state index contributed by atoms with van der Waals surface area (Å²) in [6.45, 7) is 4.37. The van der Waals surface area contributed by atoms with Crippen LogP contribution in [0.15, 0.2) is 66.9 Å². The molecular weight excluding hydrogens is 522 g/mol. The summed E-state index contributed by atoms with van der Waals surface area (Å²) in [5, 5.41) is 16.8. The summed E-state index contributed by atoms with van der Waals surface area (Å²) in [7, 11) is 3.11. The van der Waals surface area contributed by atoms with Crippen LogP contribution in [0, 0.1) is 11.3 Å². The number of aromatic nitrogens is 1. The molecule has 5 rings (SSSR count). The van der Waals surface area contributed by atoms with Crippen molar-refractivity contribution in [3.05, 3.63) is 78.0 Å². The Morgan fingerprint density at radius 1 is 1.02 bits per heavy atom. The quantitative estimate of drug-likeness (QED) is 0.288. The molecule has 1 saturated heterocycles. The number of rotatable bonds is 10. The molecule has 41 heavy (non-hydrogen) atoms. The van der Waals surface area contributed by atoms with E-state index in [-0.39, 0.29) is 5.91 Å². The number of pyridine rings is 1. The number of nitrogens with zero attached hydrogens (tertiary/aromatic N) is 3. The first-order chi connectivity index (χ1) is 20.1. The molecule has 0 aliphatic carbocycles. The highest BCUT2D eigenvalue weighted by Gasteiger charge is 2.18. The molecule has 0 unspecified atom stereocenters. The molecule has 10 heteroatoms. The predicted molar refractivity (Wildman–Crippen MR) is 155 cm³/mol. The van der Waals surface area contributed by atoms with Crippen molar-refractivity contribution in [2.75, 3.05) is 58.9 Å². The van der Waals surface area contributed by atoms with Crippen molar-refractivity contribution >= 4 is 28.2 Å². The van der Waals surface area contributed by atoms with Gasteiger partial charge in [0.25, 0.3) is 5.91 Å². The van der Waals surface area contributed by atoms with E-state index in [2.05, 4.69) is 26.6 Å². The number of ether oxygens (including phenoxy) is 4. The van der Waals surface area contributed by atoms with Crippen molar-refractivity contribution in [2.24, 2.45) is 0 Å². The zero-order valence-corrected chi connectivity index (χ0v) is 23.0. The largest absolute Gasteiger partial charge is 0.496 e. The third kappa shape index (κ3) is 6.49. The number of fused-ring (bicyclic) bond motifs is 1. The molecule has 1 aromatic heterocycles. The van der Waals surface area contributed by atoms with Crippen LogP contribution in [0.1, 0.15) is 15.9 Å². The van der Waals surface area contributed by atoms with Crippen LogP contribution in [-0.2, 0) is 4.74 Å². The molecule has 1 amide bonds. The molecule has 0 atom stereocenters. The van der Waals surface area contributed by atoms with Gasteiger partial charge in [-0.1, -0.05) is 12.1 Å². The number of para-hydroxylation sites is 2. The molecule has 1 aliphatic heterocycles. The van der Waals surface area contributed by atoms with Gasteiger partial charge < -0.3 is 29.6 Å². The maximum Gasteiger partial charge on any atom is 0.255 e. The fourth-order valence-corrected chi connectivity index (χ4v) is 4.61.